The third kappa shape index (κ3) is 5.93. The van der Waals surface area contributed by atoms with Crippen molar-refractivity contribution >= 4 is 12.0 Å². The first kappa shape index (κ1) is 20.1. The number of hydrogen-bond donors (Lipinski definition) is 2. The third-order valence-electron chi connectivity index (χ3n) is 4.52. The molecule has 2 N–H and O–H groups in total. The van der Waals surface area contributed by atoms with Gasteiger partial charge in [0.1, 0.15) is 11.8 Å². The van der Waals surface area contributed by atoms with E-state index in [4.69, 9.17) is 9.47 Å². The number of benzene rings is 1. The van der Waals surface area contributed by atoms with Gasteiger partial charge in [-0.1, -0.05) is 32.0 Å². The summed E-state index contributed by atoms with van der Waals surface area (Å²) in [5.41, 5.74) is 0.936. The van der Waals surface area contributed by atoms with Crippen LogP contribution < -0.4 is 15.4 Å². The molecule has 2 amide bonds. The highest BCUT2D eigenvalue weighted by molar-refractivity contribution is 5.85. The van der Waals surface area contributed by atoms with Crippen LogP contribution in [-0.2, 0) is 16.1 Å². The molecule has 1 atom stereocenters. The first-order valence-electron chi connectivity index (χ1n) is 9.46. The molecule has 1 unspecified atom stereocenters. The number of rotatable bonds is 8. The molecule has 0 radical (unpaired) electrons. The fourth-order valence-corrected chi connectivity index (χ4v) is 3.08. The summed E-state index contributed by atoms with van der Waals surface area (Å²) in [6, 6.07) is 7.12. The van der Waals surface area contributed by atoms with Crippen molar-refractivity contribution in [2.24, 2.45) is 5.92 Å². The lowest BCUT2D eigenvalue weighted by Gasteiger charge is -2.22. The summed E-state index contributed by atoms with van der Waals surface area (Å²) >= 11 is 0. The molecule has 1 fully saturated rings. The van der Waals surface area contributed by atoms with Gasteiger partial charge in [0.15, 0.2) is 0 Å². The lowest BCUT2D eigenvalue weighted by molar-refractivity contribution is -0.124. The Kier molecular flexibility index (Phi) is 7.75. The summed E-state index contributed by atoms with van der Waals surface area (Å²) in [4.78, 5) is 24.2. The number of carbonyl (C=O) groups is 2. The Morgan fingerprint density at radius 2 is 1.88 bits per heavy atom. The summed E-state index contributed by atoms with van der Waals surface area (Å²) in [6.07, 6.45) is 4.27. The van der Waals surface area contributed by atoms with Gasteiger partial charge in [-0.3, -0.25) is 4.79 Å². The van der Waals surface area contributed by atoms with Crippen LogP contribution in [0.1, 0.15) is 52.0 Å². The minimum atomic E-state index is -0.642. The first-order chi connectivity index (χ1) is 12.5. The van der Waals surface area contributed by atoms with Gasteiger partial charge < -0.3 is 20.1 Å². The molecule has 0 heterocycles. The molecule has 1 saturated carbocycles. The van der Waals surface area contributed by atoms with Gasteiger partial charge >= 0.3 is 6.09 Å². The zero-order chi connectivity index (χ0) is 18.9. The number of nitrogens with one attached hydrogen (secondary N) is 2. The lowest BCUT2D eigenvalue weighted by Crippen LogP contribution is -2.49. The molecule has 0 saturated heterocycles. The van der Waals surface area contributed by atoms with Crippen molar-refractivity contribution in [2.45, 2.75) is 65.1 Å². The monoisotopic (exact) mass is 362 g/mol. The van der Waals surface area contributed by atoms with Crippen LogP contribution in [0.5, 0.6) is 5.75 Å². The second-order valence-electron chi connectivity index (χ2n) is 6.94. The topological polar surface area (TPSA) is 76.7 Å². The van der Waals surface area contributed by atoms with Crippen LogP contribution in [0, 0.1) is 5.92 Å². The second-order valence-corrected chi connectivity index (χ2v) is 6.94. The van der Waals surface area contributed by atoms with E-state index in [1.807, 2.05) is 38.1 Å². The minimum absolute atomic E-state index is 0.0515. The summed E-state index contributed by atoms with van der Waals surface area (Å²) in [6.45, 7) is 6.12. The smallest absolute Gasteiger partial charge is 0.407 e. The van der Waals surface area contributed by atoms with Gasteiger partial charge in [-0.25, -0.2) is 4.79 Å². The molecule has 6 heteroatoms. The third-order valence-corrected chi connectivity index (χ3v) is 4.52. The van der Waals surface area contributed by atoms with Crippen molar-refractivity contribution in [1.82, 2.24) is 10.6 Å². The maximum absolute atomic E-state index is 12.5. The second kappa shape index (κ2) is 10.0. The molecule has 2 rings (SSSR count). The Morgan fingerprint density at radius 3 is 2.54 bits per heavy atom. The van der Waals surface area contributed by atoms with Gasteiger partial charge in [-0.15, -0.1) is 0 Å². The average molecular weight is 362 g/mol. The number of hydrogen-bond acceptors (Lipinski definition) is 4. The van der Waals surface area contributed by atoms with Gasteiger partial charge in [0, 0.05) is 12.1 Å². The molecule has 1 aromatic rings. The van der Waals surface area contributed by atoms with Crippen LogP contribution in [0.15, 0.2) is 24.3 Å². The zero-order valence-corrected chi connectivity index (χ0v) is 15.9. The van der Waals surface area contributed by atoms with Crippen LogP contribution in [0.25, 0.3) is 0 Å². The van der Waals surface area contributed by atoms with Gasteiger partial charge in [0.25, 0.3) is 0 Å². The Morgan fingerprint density at radius 1 is 1.19 bits per heavy atom. The molecule has 6 nitrogen and oxygen atoms in total. The summed E-state index contributed by atoms with van der Waals surface area (Å²) in [5.74, 6) is 0.535. The molecule has 0 spiro atoms. The van der Waals surface area contributed by atoms with Crippen molar-refractivity contribution in [3.8, 4) is 5.75 Å². The van der Waals surface area contributed by atoms with Gasteiger partial charge in [0.05, 0.1) is 12.7 Å². The SMILES string of the molecule is CCOC(=O)NC(C(=O)NCc1ccccc1OC1CCCC1)C(C)C. The van der Waals surface area contributed by atoms with Crippen molar-refractivity contribution < 1.29 is 19.1 Å². The van der Waals surface area contributed by atoms with Crippen molar-refractivity contribution in [1.29, 1.82) is 0 Å². The maximum Gasteiger partial charge on any atom is 0.407 e. The molecule has 1 aliphatic rings. The van der Waals surface area contributed by atoms with Gasteiger partial charge in [0.2, 0.25) is 5.91 Å². The fourth-order valence-electron chi connectivity index (χ4n) is 3.08. The average Bonchev–Trinajstić information content (AvgIpc) is 3.11. The fraction of sp³-hybridized carbons (Fsp3) is 0.600. The van der Waals surface area contributed by atoms with E-state index in [-0.39, 0.29) is 24.5 Å². The van der Waals surface area contributed by atoms with Crippen LogP contribution in [0.3, 0.4) is 0 Å². The van der Waals surface area contributed by atoms with E-state index in [1.54, 1.807) is 6.92 Å². The van der Waals surface area contributed by atoms with Crippen LogP contribution in [-0.4, -0.2) is 30.8 Å². The Labute approximate surface area is 155 Å². The van der Waals surface area contributed by atoms with Crippen LogP contribution in [0.4, 0.5) is 4.79 Å². The summed E-state index contributed by atoms with van der Waals surface area (Å²) < 4.78 is 11.0. The van der Waals surface area contributed by atoms with Gasteiger partial charge in [-0.05, 0) is 44.6 Å². The van der Waals surface area contributed by atoms with E-state index in [9.17, 15) is 9.59 Å². The van der Waals surface area contributed by atoms with E-state index in [0.29, 0.717) is 6.54 Å². The Balaban J connectivity index is 1.95. The van der Waals surface area contributed by atoms with Crippen LogP contribution >= 0.6 is 0 Å². The van der Waals surface area contributed by atoms with Gasteiger partial charge in [-0.2, -0.15) is 0 Å². The minimum Gasteiger partial charge on any atom is -0.490 e. The molecular weight excluding hydrogens is 332 g/mol. The highest BCUT2D eigenvalue weighted by atomic mass is 16.5. The quantitative estimate of drug-likeness (QED) is 0.743. The Bertz CT molecular complexity index is 597. The molecule has 1 aliphatic carbocycles. The number of ether oxygens (including phenoxy) is 2. The molecule has 144 valence electrons. The highest BCUT2D eigenvalue weighted by Crippen LogP contribution is 2.26. The lowest BCUT2D eigenvalue weighted by atomic mass is 10.0. The van der Waals surface area contributed by atoms with E-state index in [1.165, 1.54) is 12.8 Å². The normalized spacial score (nSPS) is 15.5. The van der Waals surface area contributed by atoms with E-state index < -0.39 is 12.1 Å². The van der Waals surface area contributed by atoms with Crippen LogP contribution in [0.2, 0.25) is 0 Å². The highest BCUT2D eigenvalue weighted by Gasteiger charge is 2.25. The number of amides is 2. The predicted molar refractivity (Wildman–Crippen MR) is 100.0 cm³/mol. The molecule has 0 aromatic heterocycles. The largest absolute Gasteiger partial charge is 0.490 e. The molecule has 26 heavy (non-hydrogen) atoms. The molecule has 1 aromatic carbocycles. The number of carbonyl (C=O) groups excluding carboxylic acids is 2. The summed E-state index contributed by atoms with van der Waals surface area (Å²) in [7, 11) is 0. The van der Waals surface area contributed by atoms with E-state index in [0.717, 1.165) is 24.2 Å². The van der Waals surface area contributed by atoms with Crippen molar-refractivity contribution in [3.05, 3.63) is 29.8 Å². The summed E-state index contributed by atoms with van der Waals surface area (Å²) in [5, 5.41) is 5.53. The predicted octanol–water partition coefficient (Wildman–Crippen LogP) is 3.39. The zero-order valence-electron chi connectivity index (χ0n) is 15.9. The standard InChI is InChI=1S/C20H30N2O4/c1-4-25-20(24)22-18(14(2)3)19(23)21-13-15-9-5-8-12-17(15)26-16-10-6-7-11-16/h5,8-9,12,14,16,18H,4,6-7,10-11,13H2,1-3H3,(H,21,23)(H,22,24). The van der Waals surface area contributed by atoms with E-state index >= 15 is 0 Å². The Hall–Kier alpha value is -2.24. The molecule has 0 aliphatic heterocycles. The number of para-hydroxylation sites is 1. The van der Waals surface area contributed by atoms with E-state index in [2.05, 4.69) is 10.6 Å². The van der Waals surface area contributed by atoms with Crippen molar-refractivity contribution in [2.75, 3.05) is 6.61 Å². The van der Waals surface area contributed by atoms with Crippen molar-refractivity contribution in [3.63, 3.8) is 0 Å². The maximum atomic E-state index is 12.5. The molecule has 0 bridgehead atoms. The molecular formula is C20H30N2O4. The first-order valence-corrected chi connectivity index (χ1v) is 9.46. The number of alkyl carbamates (subject to hydrolysis) is 1.